The van der Waals surface area contributed by atoms with Gasteiger partial charge in [-0.05, 0) is 48.9 Å². The van der Waals surface area contributed by atoms with Crippen molar-refractivity contribution in [3.8, 4) is 11.1 Å². The molecule has 3 heterocycles. The number of nitrogens with zero attached hydrogens (tertiary/aromatic N) is 5. The number of likely N-dealkylation sites (N-methyl/N-ethyl adjacent to an activating group) is 1. The van der Waals surface area contributed by atoms with Crippen molar-refractivity contribution in [3.63, 3.8) is 0 Å². The minimum Gasteiger partial charge on any atom is -0.369 e. The van der Waals surface area contributed by atoms with Gasteiger partial charge in [0, 0.05) is 61.1 Å². The molecule has 2 fully saturated rings. The lowest BCUT2D eigenvalue weighted by atomic mass is 9.97. The molecule has 0 spiro atoms. The van der Waals surface area contributed by atoms with Gasteiger partial charge in [0.1, 0.15) is 5.69 Å². The van der Waals surface area contributed by atoms with Gasteiger partial charge >= 0.3 is 0 Å². The quantitative estimate of drug-likeness (QED) is 0.321. The van der Waals surface area contributed by atoms with Crippen molar-refractivity contribution in [3.05, 3.63) is 64.9 Å². The smallest absolute Gasteiger partial charge is 0.280 e. The van der Waals surface area contributed by atoms with Crippen LogP contribution in [-0.4, -0.2) is 66.4 Å². The SMILES string of the molecule is CCN1CCN(c2ccc(-c3ccc(Cl)cc3N3CC(n4ncc(C)c4C(F)F)CC(F)(F)C3)cc2)CC1. The molecule has 1 aromatic heterocycles. The maximum Gasteiger partial charge on any atom is 0.280 e. The standard InChI is InChI=1S/C28H32ClF4N5/c1-3-35-10-12-36(13-11-35)22-7-4-20(5-8-22)24-9-6-21(29)14-25(24)37-17-23(15-28(32,33)18-37)38-26(27(30)31)19(2)16-34-38/h4-9,14,16,23,27H,3,10-13,15,17-18H2,1-2H3. The van der Waals surface area contributed by atoms with Crippen molar-refractivity contribution < 1.29 is 17.6 Å². The third kappa shape index (κ3) is 5.50. The molecule has 1 unspecified atom stereocenters. The van der Waals surface area contributed by atoms with E-state index in [-0.39, 0.29) is 12.2 Å². The van der Waals surface area contributed by atoms with Crippen LogP contribution in [0.25, 0.3) is 11.1 Å². The van der Waals surface area contributed by atoms with Gasteiger partial charge in [0.15, 0.2) is 0 Å². The van der Waals surface area contributed by atoms with Crippen molar-refractivity contribution in [1.82, 2.24) is 14.7 Å². The van der Waals surface area contributed by atoms with Crippen molar-refractivity contribution >= 4 is 23.0 Å². The summed E-state index contributed by atoms with van der Waals surface area (Å²) in [6.45, 7) is 8.28. The van der Waals surface area contributed by atoms with Crippen molar-refractivity contribution in [2.75, 3.05) is 55.6 Å². The van der Waals surface area contributed by atoms with E-state index in [9.17, 15) is 8.78 Å². The van der Waals surface area contributed by atoms with Crippen LogP contribution in [0.5, 0.6) is 0 Å². The predicted molar refractivity (Wildman–Crippen MR) is 144 cm³/mol. The molecular formula is C28H32ClF4N5. The van der Waals surface area contributed by atoms with E-state index in [1.54, 1.807) is 17.0 Å². The van der Waals surface area contributed by atoms with E-state index in [2.05, 4.69) is 34.0 Å². The monoisotopic (exact) mass is 549 g/mol. The fourth-order valence-corrected chi connectivity index (χ4v) is 5.79. The maximum absolute atomic E-state index is 15.1. The molecule has 0 N–H and O–H groups in total. The molecule has 0 saturated carbocycles. The van der Waals surface area contributed by atoms with E-state index in [0.29, 0.717) is 16.3 Å². The Morgan fingerprint density at radius 3 is 2.39 bits per heavy atom. The lowest BCUT2D eigenvalue weighted by Gasteiger charge is -2.40. The summed E-state index contributed by atoms with van der Waals surface area (Å²) in [4.78, 5) is 6.32. The average molecular weight is 550 g/mol. The van der Waals surface area contributed by atoms with E-state index in [0.717, 1.165) is 54.2 Å². The number of piperazine rings is 1. The molecule has 3 aromatic rings. The maximum atomic E-state index is 15.1. The minimum absolute atomic E-state index is 0.115. The van der Waals surface area contributed by atoms with Gasteiger partial charge in [-0.25, -0.2) is 17.6 Å². The Kier molecular flexibility index (Phi) is 7.60. The lowest BCUT2D eigenvalue weighted by Crippen LogP contribution is -2.48. The van der Waals surface area contributed by atoms with Crippen LogP contribution >= 0.6 is 11.6 Å². The van der Waals surface area contributed by atoms with Gasteiger partial charge in [0.2, 0.25) is 0 Å². The summed E-state index contributed by atoms with van der Waals surface area (Å²) < 4.78 is 58.7. The van der Waals surface area contributed by atoms with Gasteiger partial charge in [-0.15, -0.1) is 0 Å². The first-order chi connectivity index (χ1) is 18.1. The Morgan fingerprint density at radius 1 is 1.03 bits per heavy atom. The molecule has 2 aromatic carbocycles. The van der Waals surface area contributed by atoms with E-state index in [4.69, 9.17) is 11.6 Å². The summed E-state index contributed by atoms with van der Waals surface area (Å²) in [7, 11) is 0. The summed E-state index contributed by atoms with van der Waals surface area (Å²) in [5.41, 5.74) is 3.29. The highest BCUT2D eigenvalue weighted by molar-refractivity contribution is 6.31. The molecule has 0 radical (unpaired) electrons. The Morgan fingerprint density at radius 2 is 1.74 bits per heavy atom. The molecular weight excluding hydrogens is 518 g/mol. The molecule has 0 amide bonds. The van der Waals surface area contributed by atoms with Crippen molar-refractivity contribution in [1.29, 1.82) is 0 Å². The van der Waals surface area contributed by atoms with Crippen LogP contribution in [0.1, 0.15) is 37.1 Å². The molecule has 38 heavy (non-hydrogen) atoms. The number of hydrogen-bond donors (Lipinski definition) is 0. The van der Waals surface area contributed by atoms with Crippen molar-refractivity contribution in [2.45, 2.75) is 38.7 Å². The third-order valence-corrected chi connectivity index (χ3v) is 7.87. The van der Waals surface area contributed by atoms with E-state index >= 15 is 8.78 Å². The summed E-state index contributed by atoms with van der Waals surface area (Å²) in [5.74, 6) is -3.09. The van der Waals surface area contributed by atoms with E-state index in [1.165, 1.54) is 13.1 Å². The number of piperidine rings is 1. The number of benzene rings is 2. The van der Waals surface area contributed by atoms with Crippen LogP contribution in [0.15, 0.2) is 48.7 Å². The number of aryl methyl sites for hydroxylation is 1. The first-order valence-electron chi connectivity index (χ1n) is 13.0. The number of halogens is 5. The lowest BCUT2D eigenvalue weighted by molar-refractivity contribution is -0.0298. The molecule has 204 valence electrons. The highest BCUT2D eigenvalue weighted by Gasteiger charge is 2.43. The van der Waals surface area contributed by atoms with Crippen molar-refractivity contribution in [2.24, 2.45) is 0 Å². The van der Waals surface area contributed by atoms with Gasteiger partial charge in [-0.1, -0.05) is 36.7 Å². The number of anilines is 2. The zero-order chi connectivity index (χ0) is 27.0. The molecule has 2 aliphatic rings. The number of hydrogen-bond acceptors (Lipinski definition) is 4. The van der Waals surface area contributed by atoms with E-state index in [1.807, 2.05) is 18.2 Å². The van der Waals surface area contributed by atoms with E-state index < -0.39 is 31.4 Å². The molecule has 2 saturated heterocycles. The topological polar surface area (TPSA) is 27.5 Å². The molecule has 0 bridgehead atoms. The Balaban J connectivity index is 1.44. The summed E-state index contributed by atoms with van der Waals surface area (Å²) in [5, 5.41) is 4.48. The highest BCUT2D eigenvalue weighted by atomic mass is 35.5. The normalized spacial score (nSPS) is 20.4. The third-order valence-electron chi connectivity index (χ3n) is 7.63. The van der Waals surface area contributed by atoms with Gasteiger partial charge in [-0.3, -0.25) is 4.68 Å². The van der Waals surface area contributed by atoms with Gasteiger partial charge in [-0.2, -0.15) is 5.10 Å². The molecule has 1 atom stereocenters. The Bertz CT molecular complexity index is 1250. The summed E-state index contributed by atoms with van der Waals surface area (Å²) in [6, 6.07) is 12.5. The second-order valence-electron chi connectivity index (χ2n) is 10.2. The number of alkyl halides is 4. The second kappa shape index (κ2) is 10.8. The largest absolute Gasteiger partial charge is 0.369 e. The second-order valence-corrected chi connectivity index (χ2v) is 10.6. The molecule has 5 rings (SSSR count). The van der Waals surface area contributed by atoms with Crippen LogP contribution in [0.4, 0.5) is 28.9 Å². The highest BCUT2D eigenvalue weighted by Crippen LogP contribution is 2.41. The van der Waals surface area contributed by atoms with Crippen LogP contribution in [0.3, 0.4) is 0 Å². The average Bonchev–Trinajstić information content (AvgIpc) is 3.30. The van der Waals surface area contributed by atoms with Gasteiger partial charge in [0.25, 0.3) is 12.3 Å². The predicted octanol–water partition coefficient (Wildman–Crippen LogP) is 6.68. The fourth-order valence-electron chi connectivity index (χ4n) is 5.62. The first kappa shape index (κ1) is 26.8. The molecule has 5 nitrogen and oxygen atoms in total. The molecule has 0 aliphatic carbocycles. The molecule has 10 heteroatoms. The number of rotatable bonds is 6. The fraction of sp³-hybridized carbons (Fsp3) is 0.464. The van der Waals surface area contributed by atoms with Crippen LogP contribution in [0, 0.1) is 6.92 Å². The van der Waals surface area contributed by atoms with Crippen LogP contribution < -0.4 is 9.80 Å². The Hall–Kier alpha value is -2.78. The zero-order valence-corrected chi connectivity index (χ0v) is 22.3. The number of aromatic nitrogens is 2. The molecule has 2 aliphatic heterocycles. The van der Waals surface area contributed by atoms with Gasteiger partial charge in [0.05, 0.1) is 18.8 Å². The minimum atomic E-state index is -3.09. The summed E-state index contributed by atoms with van der Waals surface area (Å²) in [6.07, 6.45) is -2.04. The van der Waals surface area contributed by atoms with Crippen LogP contribution in [-0.2, 0) is 0 Å². The summed E-state index contributed by atoms with van der Waals surface area (Å²) >= 11 is 6.33. The van der Waals surface area contributed by atoms with Gasteiger partial charge < -0.3 is 14.7 Å². The Labute approximate surface area is 225 Å². The first-order valence-corrected chi connectivity index (χ1v) is 13.3. The van der Waals surface area contributed by atoms with Crippen LogP contribution in [0.2, 0.25) is 5.02 Å². The zero-order valence-electron chi connectivity index (χ0n) is 21.6.